The summed E-state index contributed by atoms with van der Waals surface area (Å²) in [7, 11) is 0. The Kier molecular flexibility index (Phi) is 4.96. The predicted octanol–water partition coefficient (Wildman–Crippen LogP) is 2.17. The molecule has 19 heavy (non-hydrogen) atoms. The molecular formula is C14H20N2O2S. The topological polar surface area (TPSA) is 58.2 Å². The van der Waals surface area contributed by atoms with Gasteiger partial charge in [-0.3, -0.25) is 9.59 Å². The second-order valence-electron chi connectivity index (χ2n) is 5.10. The molecule has 2 amide bonds. The maximum atomic E-state index is 11.8. The lowest BCUT2D eigenvalue weighted by Gasteiger charge is -2.29. The van der Waals surface area contributed by atoms with Crippen LogP contribution in [0.4, 0.5) is 0 Å². The molecule has 1 aliphatic carbocycles. The van der Waals surface area contributed by atoms with Gasteiger partial charge in [-0.25, -0.2) is 0 Å². The summed E-state index contributed by atoms with van der Waals surface area (Å²) in [5.41, 5.74) is 0. The minimum absolute atomic E-state index is 0.0555. The van der Waals surface area contributed by atoms with E-state index in [9.17, 15) is 9.59 Å². The fourth-order valence-electron chi connectivity index (χ4n) is 2.44. The van der Waals surface area contributed by atoms with Gasteiger partial charge in [0.05, 0.1) is 11.4 Å². The van der Waals surface area contributed by atoms with Crippen molar-refractivity contribution < 1.29 is 9.59 Å². The van der Waals surface area contributed by atoms with E-state index in [4.69, 9.17) is 0 Å². The highest BCUT2D eigenvalue weighted by Gasteiger charge is 2.22. The Morgan fingerprint density at radius 3 is 2.84 bits per heavy atom. The average Bonchev–Trinajstić information content (AvgIpc) is 2.93. The molecule has 5 heteroatoms. The zero-order valence-electron chi connectivity index (χ0n) is 11.1. The van der Waals surface area contributed by atoms with E-state index in [1.165, 1.54) is 30.6 Å². The van der Waals surface area contributed by atoms with E-state index in [1.807, 2.05) is 11.4 Å². The highest BCUT2D eigenvalue weighted by atomic mass is 32.1. The molecule has 1 fully saturated rings. The third-order valence-electron chi connectivity index (χ3n) is 3.61. The summed E-state index contributed by atoms with van der Waals surface area (Å²) in [6.45, 7) is 2.23. The number of nitrogens with one attached hydrogen (secondary N) is 2. The maximum Gasteiger partial charge on any atom is 0.261 e. The molecule has 0 radical (unpaired) electrons. The number of hydrogen-bond donors (Lipinski definition) is 2. The van der Waals surface area contributed by atoms with Crippen molar-refractivity contribution in [2.75, 3.05) is 6.54 Å². The van der Waals surface area contributed by atoms with Crippen LogP contribution < -0.4 is 10.6 Å². The van der Waals surface area contributed by atoms with Crippen molar-refractivity contribution in [1.29, 1.82) is 0 Å². The first-order chi connectivity index (χ1) is 9.16. The van der Waals surface area contributed by atoms with E-state index in [0.717, 1.165) is 6.42 Å². The number of hydrogen-bond acceptors (Lipinski definition) is 3. The number of thiophene rings is 1. The smallest absolute Gasteiger partial charge is 0.261 e. The summed E-state index contributed by atoms with van der Waals surface area (Å²) in [6, 6.07) is 3.84. The maximum absolute atomic E-state index is 11.8. The Bertz CT molecular complexity index is 431. The molecular weight excluding hydrogens is 260 g/mol. The molecule has 2 unspecified atom stereocenters. The summed E-state index contributed by atoms with van der Waals surface area (Å²) < 4.78 is 0. The minimum Gasteiger partial charge on any atom is -0.352 e. The first kappa shape index (κ1) is 14.1. The Balaban J connectivity index is 1.74. The predicted molar refractivity (Wildman–Crippen MR) is 76.2 cm³/mol. The molecule has 104 valence electrons. The van der Waals surface area contributed by atoms with Gasteiger partial charge in [0.1, 0.15) is 0 Å². The van der Waals surface area contributed by atoms with Crippen LogP contribution in [0.25, 0.3) is 0 Å². The van der Waals surface area contributed by atoms with Gasteiger partial charge in [-0.1, -0.05) is 25.8 Å². The van der Waals surface area contributed by atoms with Gasteiger partial charge in [-0.15, -0.1) is 11.3 Å². The van der Waals surface area contributed by atoms with Crippen molar-refractivity contribution in [3.8, 4) is 0 Å². The third kappa shape index (κ3) is 4.06. The quantitative estimate of drug-likeness (QED) is 0.888. The number of carbonyl (C=O) groups excluding carboxylic acids is 2. The van der Waals surface area contributed by atoms with E-state index in [-0.39, 0.29) is 24.4 Å². The zero-order chi connectivity index (χ0) is 13.7. The molecule has 1 aliphatic rings. The van der Waals surface area contributed by atoms with Gasteiger partial charge in [-0.05, 0) is 30.2 Å². The Morgan fingerprint density at radius 2 is 2.16 bits per heavy atom. The van der Waals surface area contributed by atoms with Gasteiger partial charge in [0.2, 0.25) is 5.91 Å². The minimum atomic E-state index is -0.179. The second-order valence-corrected chi connectivity index (χ2v) is 6.04. The summed E-state index contributed by atoms with van der Waals surface area (Å²) >= 11 is 1.38. The van der Waals surface area contributed by atoms with E-state index in [2.05, 4.69) is 17.6 Å². The molecule has 2 N–H and O–H groups in total. The van der Waals surface area contributed by atoms with Crippen LogP contribution in [0.5, 0.6) is 0 Å². The molecule has 1 saturated carbocycles. The monoisotopic (exact) mass is 280 g/mol. The van der Waals surface area contributed by atoms with E-state index in [1.54, 1.807) is 6.07 Å². The van der Waals surface area contributed by atoms with Gasteiger partial charge in [-0.2, -0.15) is 0 Å². The van der Waals surface area contributed by atoms with Crippen LogP contribution in [0.1, 0.15) is 42.3 Å². The number of carbonyl (C=O) groups is 2. The van der Waals surface area contributed by atoms with Gasteiger partial charge in [0.25, 0.3) is 5.91 Å². The van der Waals surface area contributed by atoms with Gasteiger partial charge in [0.15, 0.2) is 0 Å². The number of amides is 2. The Morgan fingerprint density at radius 1 is 1.37 bits per heavy atom. The van der Waals surface area contributed by atoms with Crippen LogP contribution in [0.3, 0.4) is 0 Å². The molecule has 0 bridgehead atoms. The van der Waals surface area contributed by atoms with Crippen molar-refractivity contribution >= 4 is 23.2 Å². The van der Waals surface area contributed by atoms with Crippen molar-refractivity contribution in [3.05, 3.63) is 22.4 Å². The number of rotatable bonds is 4. The van der Waals surface area contributed by atoms with E-state index < -0.39 is 0 Å². The van der Waals surface area contributed by atoms with Gasteiger partial charge in [0, 0.05) is 6.04 Å². The molecule has 0 aliphatic heterocycles. The summed E-state index contributed by atoms with van der Waals surface area (Å²) in [6.07, 6.45) is 4.65. The summed E-state index contributed by atoms with van der Waals surface area (Å²) in [5.74, 6) is 0.260. The summed E-state index contributed by atoms with van der Waals surface area (Å²) in [4.78, 5) is 24.1. The molecule has 0 spiro atoms. The first-order valence-electron chi connectivity index (χ1n) is 6.78. The van der Waals surface area contributed by atoms with E-state index in [0.29, 0.717) is 10.8 Å². The van der Waals surface area contributed by atoms with Crippen LogP contribution in [0.15, 0.2) is 17.5 Å². The van der Waals surface area contributed by atoms with Crippen LogP contribution in [-0.2, 0) is 4.79 Å². The molecule has 2 rings (SSSR count). The largest absolute Gasteiger partial charge is 0.352 e. The van der Waals surface area contributed by atoms with E-state index >= 15 is 0 Å². The molecule has 1 aromatic rings. The van der Waals surface area contributed by atoms with Crippen LogP contribution in [0.2, 0.25) is 0 Å². The van der Waals surface area contributed by atoms with Crippen molar-refractivity contribution in [3.63, 3.8) is 0 Å². The van der Waals surface area contributed by atoms with Gasteiger partial charge >= 0.3 is 0 Å². The van der Waals surface area contributed by atoms with Crippen molar-refractivity contribution in [1.82, 2.24) is 10.6 Å². The van der Waals surface area contributed by atoms with Gasteiger partial charge < -0.3 is 10.6 Å². The van der Waals surface area contributed by atoms with Crippen LogP contribution in [-0.4, -0.2) is 24.4 Å². The highest BCUT2D eigenvalue weighted by molar-refractivity contribution is 7.12. The second kappa shape index (κ2) is 6.70. The fraction of sp³-hybridized carbons (Fsp3) is 0.571. The fourth-order valence-corrected chi connectivity index (χ4v) is 3.08. The SMILES string of the molecule is CC1CCCCC1NC(=O)CNC(=O)c1cccs1. The normalized spacial score (nSPS) is 22.8. The lowest BCUT2D eigenvalue weighted by atomic mass is 9.86. The molecule has 0 saturated heterocycles. The Hall–Kier alpha value is -1.36. The van der Waals surface area contributed by atoms with Crippen LogP contribution in [0, 0.1) is 5.92 Å². The first-order valence-corrected chi connectivity index (χ1v) is 7.66. The lowest BCUT2D eigenvalue weighted by molar-refractivity contribution is -0.121. The molecule has 1 heterocycles. The van der Waals surface area contributed by atoms with Crippen molar-refractivity contribution in [2.45, 2.75) is 38.6 Å². The van der Waals surface area contributed by atoms with Crippen LogP contribution >= 0.6 is 11.3 Å². The molecule has 0 aromatic carbocycles. The highest BCUT2D eigenvalue weighted by Crippen LogP contribution is 2.23. The molecule has 4 nitrogen and oxygen atoms in total. The molecule has 1 aromatic heterocycles. The summed E-state index contributed by atoms with van der Waals surface area (Å²) in [5, 5.41) is 7.51. The van der Waals surface area contributed by atoms with Crippen molar-refractivity contribution in [2.24, 2.45) is 5.92 Å². The molecule has 2 atom stereocenters. The zero-order valence-corrected chi connectivity index (χ0v) is 12.0. The average molecular weight is 280 g/mol. The lowest BCUT2D eigenvalue weighted by Crippen LogP contribution is -2.45. The Labute approximate surface area is 117 Å². The third-order valence-corrected chi connectivity index (χ3v) is 4.48. The standard InChI is InChI=1S/C14H20N2O2S/c1-10-5-2-3-6-11(10)16-13(17)9-15-14(18)12-7-4-8-19-12/h4,7-8,10-11H,2-3,5-6,9H2,1H3,(H,15,18)(H,16,17).